The normalized spacial score (nSPS) is 23.6. The van der Waals surface area contributed by atoms with E-state index in [1.54, 1.807) is 5.20 Å². The molecule has 0 saturated heterocycles. The predicted octanol–water partition coefficient (Wildman–Crippen LogP) is 5.18. The maximum Gasteiger partial charge on any atom is 0.0736 e. The number of allylic oxidation sites excluding steroid dienone is 4. The number of rotatable bonds is 3. The van der Waals surface area contributed by atoms with Crippen molar-refractivity contribution >= 4 is 16.1 Å². The molecule has 1 aliphatic rings. The van der Waals surface area contributed by atoms with E-state index in [9.17, 15) is 0 Å². The first-order valence-electron chi connectivity index (χ1n) is 7.15. The molecule has 2 heteroatoms. The molecule has 0 aliphatic heterocycles. The summed E-state index contributed by atoms with van der Waals surface area (Å²) in [6.45, 7) is 14.9. The Balaban J connectivity index is 2.69. The zero-order valence-corrected chi connectivity index (χ0v) is 15.1. The van der Waals surface area contributed by atoms with Gasteiger partial charge in [-0.05, 0) is 5.56 Å². The minimum absolute atomic E-state index is 0.207. The van der Waals surface area contributed by atoms with Gasteiger partial charge in [0.2, 0.25) is 0 Å². The summed E-state index contributed by atoms with van der Waals surface area (Å²) in [5.41, 5.74) is 1.50. The third-order valence-corrected chi connectivity index (χ3v) is 9.77. The van der Waals surface area contributed by atoms with Crippen LogP contribution in [0.5, 0.6) is 0 Å². The summed E-state index contributed by atoms with van der Waals surface area (Å²) >= 11 is 0. The lowest BCUT2D eigenvalue weighted by molar-refractivity contribution is 0.895. The molecule has 0 spiro atoms. The molecule has 0 N–H and O–H groups in total. The van der Waals surface area contributed by atoms with Crippen molar-refractivity contribution in [3.05, 3.63) is 59.3 Å². The van der Waals surface area contributed by atoms with Gasteiger partial charge in [-0.15, -0.1) is 0 Å². The zero-order chi connectivity index (χ0) is 14.3. The van der Waals surface area contributed by atoms with Crippen LogP contribution in [-0.4, -0.2) is 16.1 Å². The molecule has 0 radical (unpaired) electrons. The molecule has 102 valence electrons. The van der Waals surface area contributed by atoms with E-state index in [0.29, 0.717) is 0 Å². The van der Waals surface area contributed by atoms with Crippen LogP contribution in [0.4, 0.5) is 0 Å². The Kier molecular flexibility index (Phi) is 3.52. The van der Waals surface area contributed by atoms with Crippen LogP contribution in [0.2, 0.25) is 39.3 Å². The molecular weight excluding hydrogens is 260 g/mol. The molecule has 1 unspecified atom stereocenters. The minimum atomic E-state index is -1.41. The fourth-order valence-electron chi connectivity index (χ4n) is 3.39. The van der Waals surface area contributed by atoms with E-state index in [4.69, 9.17) is 0 Å². The maximum absolute atomic E-state index is 2.50. The Morgan fingerprint density at radius 3 is 1.89 bits per heavy atom. The third-order valence-electron chi connectivity index (χ3n) is 4.25. The monoisotopic (exact) mass is 286 g/mol. The van der Waals surface area contributed by atoms with Crippen LogP contribution in [0, 0.1) is 0 Å². The fraction of sp³-hybridized carbons (Fsp3) is 0.412. The van der Waals surface area contributed by atoms with Gasteiger partial charge in [-0.1, -0.05) is 93.0 Å². The van der Waals surface area contributed by atoms with Crippen molar-refractivity contribution in [1.82, 2.24) is 0 Å². The van der Waals surface area contributed by atoms with E-state index in [1.807, 2.05) is 0 Å². The van der Waals surface area contributed by atoms with Gasteiger partial charge in [-0.25, -0.2) is 0 Å². The van der Waals surface area contributed by atoms with E-state index in [-0.39, 0.29) is 5.04 Å². The van der Waals surface area contributed by atoms with Crippen molar-refractivity contribution < 1.29 is 0 Å². The first kappa shape index (κ1) is 14.5. The second-order valence-electron chi connectivity index (χ2n) is 7.61. The van der Waals surface area contributed by atoms with Gasteiger partial charge in [0.25, 0.3) is 0 Å². The molecular formula is C17H26Si2. The molecule has 0 nitrogen and oxygen atoms in total. The molecule has 2 rings (SSSR count). The fourth-order valence-corrected chi connectivity index (χ4v) is 10.2. The van der Waals surface area contributed by atoms with Crippen molar-refractivity contribution in [2.45, 2.75) is 44.3 Å². The van der Waals surface area contributed by atoms with Gasteiger partial charge in [0.15, 0.2) is 0 Å². The van der Waals surface area contributed by atoms with Gasteiger partial charge in [-0.2, -0.15) is 0 Å². The van der Waals surface area contributed by atoms with Crippen molar-refractivity contribution in [1.29, 1.82) is 0 Å². The summed E-state index contributed by atoms with van der Waals surface area (Å²) in [4.78, 5) is 0. The first-order valence-corrected chi connectivity index (χ1v) is 14.2. The number of hydrogen-bond donors (Lipinski definition) is 0. The summed E-state index contributed by atoms with van der Waals surface area (Å²) in [7, 11) is -2.73. The van der Waals surface area contributed by atoms with Crippen molar-refractivity contribution in [2.75, 3.05) is 0 Å². The maximum atomic E-state index is 2.50. The van der Waals surface area contributed by atoms with Crippen LogP contribution in [0.25, 0.3) is 0 Å². The van der Waals surface area contributed by atoms with Gasteiger partial charge in [0.05, 0.1) is 16.1 Å². The van der Waals surface area contributed by atoms with E-state index >= 15 is 0 Å². The molecule has 1 atom stereocenters. The van der Waals surface area contributed by atoms with Crippen LogP contribution in [0.1, 0.15) is 5.56 Å². The van der Waals surface area contributed by atoms with E-state index in [1.165, 1.54) is 5.56 Å². The van der Waals surface area contributed by atoms with Gasteiger partial charge < -0.3 is 0 Å². The van der Waals surface area contributed by atoms with Gasteiger partial charge >= 0.3 is 0 Å². The lowest BCUT2D eigenvalue weighted by Gasteiger charge is -2.46. The third kappa shape index (κ3) is 2.32. The van der Waals surface area contributed by atoms with Crippen LogP contribution in [0.15, 0.2) is 53.8 Å². The lowest BCUT2D eigenvalue weighted by atomic mass is 9.99. The molecule has 19 heavy (non-hydrogen) atoms. The molecule has 1 aromatic rings. The summed E-state index contributed by atoms with van der Waals surface area (Å²) in [6, 6.07) is 11.1. The average Bonchev–Trinajstić information content (AvgIpc) is 2.74. The van der Waals surface area contributed by atoms with Crippen LogP contribution < -0.4 is 0 Å². The highest BCUT2D eigenvalue weighted by Crippen LogP contribution is 2.48. The van der Waals surface area contributed by atoms with Crippen LogP contribution >= 0.6 is 0 Å². The molecule has 0 saturated carbocycles. The molecule has 0 amide bonds. The SMILES string of the molecule is C[Si](C)(C)C1=CC=CC1(c1ccccc1)[Si](C)(C)C. The number of benzene rings is 1. The Hall–Kier alpha value is -0.866. The largest absolute Gasteiger partial charge is 0.0736 e. The average molecular weight is 287 g/mol. The van der Waals surface area contributed by atoms with Crippen LogP contribution in [-0.2, 0) is 5.04 Å². The van der Waals surface area contributed by atoms with E-state index in [0.717, 1.165) is 0 Å². The molecule has 0 fully saturated rings. The van der Waals surface area contributed by atoms with Gasteiger partial charge in [0, 0.05) is 5.04 Å². The molecule has 0 bridgehead atoms. The van der Waals surface area contributed by atoms with E-state index in [2.05, 4.69) is 87.8 Å². The summed E-state index contributed by atoms with van der Waals surface area (Å²) in [6.07, 6.45) is 7.21. The quantitative estimate of drug-likeness (QED) is 0.672. The predicted molar refractivity (Wildman–Crippen MR) is 92.0 cm³/mol. The topological polar surface area (TPSA) is 0 Å². The zero-order valence-electron chi connectivity index (χ0n) is 13.1. The smallest absolute Gasteiger partial charge is 0.0732 e. The number of hydrogen-bond acceptors (Lipinski definition) is 0. The lowest BCUT2D eigenvalue weighted by Crippen LogP contribution is -2.53. The van der Waals surface area contributed by atoms with Gasteiger partial charge in [-0.3, -0.25) is 0 Å². The van der Waals surface area contributed by atoms with Crippen LogP contribution in [0.3, 0.4) is 0 Å². The standard InChI is InChI=1S/C17H26Si2/c1-18(2,3)16-13-10-14-17(16,19(4,5)6)15-11-8-7-9-12-15/h7-14H,1-6H3. The van der Waals surface area contributed by atoms with Crippen molar-refractivity contribution in [2.24, 2.45) is 0 Å². The molecule has 1 aliphatic carbocycles. The highest BCUT2D eigenvalue weighted by molar-refractivity contribution is 6.89. The van der Waals surface area contributed by atoms with E-state index < -0.39 is 16.1 Å². The Morgan fingerprint density at radius 2 is 1.42 bits per heavy atom. The molecule has 0 aromatic heterocycles. The Bertz CT molecular complexity index is 512. The van der Waals surface area contributed by atoms with Gasteiger partial charge in [0.1, 0.15) is 0 Å². The first-order chi connectivity index (χ1) is 8.69. The summed E-state index contributed by atoms with van der Waals surface area (Å²) in [5, 5.41) is 1.92. The second kappa shape index (κ2) is 4.60. The summed E-state index contributed by atoms with van der Waals surface area (Å²) < 4.78 is 0. The minimum Gasteiger partial charge on any atom is -0.0732 e. The Morgan fingerprint density at radius 1 is 0.842 bits per heavy atom. The molecule has 0 heterocycles. The molecule has 1 aromatic carbocycles. The highest BCUT2D eigenvalue weighted by atomic mass is 28.3. The Labute approximate surface area is 120 Å². The van der Waals surface area contributed by atoms with Crippen molar-refractivity contribution in [3.8, 4) is 0 Å². The highest BCUT2D eigenvalue weighted by Gasteiger charge is 2.50. The second-order valence-corrected chi connectivity index (χ2v) is 17.9. The van der Waals surface area contributed by atoms with Crippen molar-refractivity contribution in [3.63, 3.8) is 0 Å². The summed E-state index contributed by atoms with van der Waals surface area (Å²) in [5.74, 6) is 0.